The van der Waals surface area contributed by atoms with Crippen molar-refractivity contribution < 1.29 is 18.7 Å². The van der Waals surface area contributed by atoms with E-state index in [4.69, 9.17) is 9.47 Å². The van der Waals surface area contributed by atoms with E-state index in [1.54, 1.807) is 30.5 Å². The molecule has 1 N–H and O–H groups in total. The molecule has 4 heterocycles. The van der Waals surface area contributed by atoms with E-state index < -0.39 is 0 Å². The predicted molar refractivity (Wildman–Crippen MR) is 127 cm³/mol. The number of hydrogen-bond donors (Lipinski definition) is 1. The van der Waals surface area contributed by atoms with Crippen LogP contribution in [0.3, 0.4) is 0 Å². The van der Waals surface area contributed by atoms with Gasteiger partial charge in [0.05, 0.1) is 18.6 Å². The van der Waals surface area contributed by atoms with Crippen molar-refractivity contribution >= 4 is 5.91 Å². The number of amides is 1. The summed E-state index contributed by atoms with van der Waals surface area (Å²) in [7, 11) is 0. The molecule has 0 radical (unpaired) electrons. The molecule has 176 valence electrons. The first-order chi connectivity index (χ1) is 16.6. The fourth-order valence-electron chi connectivity index (χ4n) is 4.45. The number of halogens is 1. The number of carbonyl (C=O) groups excluding carboxylic acids is 1. The normalized spacial score (nSPS) is 19.3. The van der Waals surface area contributed by atoms with Crippen LogP contribution in [0.5, 0.6) is 5.75 Å². The molecule has 2 bridgehead atoms. The third-order valence-electron chi connectivity index (χ3n) is 6.26. The summed E-state index contributed by atoms with van der Waals surface area (Å²) < 4.78 is 26.2. The summed E-state index contributed by atoms with van der Waals surface area (Å²) in [5.41, 5.74) is 2.79. The summed E-state index contributed by atoms with van der Waals surface area (Å²) in [6, 6.07) is 18.2. The minimum atomic E-state index is -0.361. The van der Waals surface area contributed by atoms with Crippen molar-refractivity contribution in [2.24, 2.45) is 0 Å². The maximum absolute atomic E-state index is 14.7. The minimum Gasteiger partial charge on any atom is -0.492 e. The Morgan fingerprint density at radius 2 is 1.91 bits per heavy atom. The fourth-order valence-corrected chi connectivity index (χ4v) is 4.45. The molecule has 0 aliphatic carbocycles. The summed E-state index contributed by atoms with van der Waals surface area (Å²) in [6.07, 6.45) is 3.69. The molecular formula is C27H28FN3O3. The number of fused-ring (bicyclic) bond motifs is 2. The molecule has 1 aromatic heterocycles. The van der Waals surface area contributed by atoms with Gasteiger partial charge >= 0.3 is 0 Å². The number of morpholine rings is 1. The average Bonchev–Trinajstić information content (AvgIpc) is 2.84. The van der Waals surface area contributed by atoms with Crippen LogP contribution in [0, 0.1) is 5.82 Å². The van der Waals surface area contributed by atoms with E-state index in [1.165, 1.54) is 12.5 Å². The van der Waals surface area contributed by atoms with E-state index in [-0.39, 0.29) is 18.1 Å². The highest BCUT2D eigenvalue weighted by molar-refractivity contribution is 5.78. The molecule has 0 spiro atoms. The van der Waals surface area contributed by atoms with Crippen molar-refractivity contribution in [3.05, 3.63) is 83.9 Å². The first-order valence-corrected chi connectivity index (χ1v) is 11.7. The number of hydrogen-bond acceptors (Lipinski definition) is 5. The monoisotopic (exact) mass is 461 g/mol. The van der Waals surface area contributed by atoms with E-state index in [0.717, 1.165) is 25.2 Å². The Balaban J connectivity index is 1.11. The Morgan fingerprint density at radius 1 is 1.12 bits per heavy atom. The molecule has 3 aliphatic rings. The van der Waals surface area contributed by atoms with Gasteiger partial charge in [-0.05, 0) is 23.8 Å². The highest BCUT2D eigenvalue weighted by Gasteiger charge is 2.37. The molecule has 0 saturated carbocycles. The van der Waals surface area contributed by atoms with Gasteiger partial charge in [0.25, 0.3) is 0 Å². The van der Waals surface area contributed by atoms with Gasteiger partial charge in [-0.25, -0.2) is 4.39 Å². The maximum atomic E-state index is 14.7. The zero-order chi connectivity index (χ0) is 23.3. The Bertz CT molecular complexity index is 1110. The van der Waals surface area contributed by atoms with Gasteiger partial charge in [-0.1, -0.05) is 36.4 Å². The molecule has 3 fully saturated rings. The van der Waals surface area contributed by atoms with Gasteiger partial charge in [0.15, 0.2) is 0 Å². The molecule has 6 nitrogen and oxygen atoms in total. The fraction of sp³-hybridized carbons (Fsp3) is 0.333. The lowest BCUT2D eigenvalue weighted by molar-refractivity contribution is -0.181. The number of nitrogens with one attached hydrogen (secondary N) is 1. The molecule has 3 saturated heterocycles. The third kappa shape index (κ3) is 5.61. The standard InChI is InChI=1S/C27H28FN3O3/c28-26-14-22(33-11-10-31-17-23-13-24(18-31)34-23)8-9-25(26)20-6-7-21(29-16-20)12-27(32)30-15-19-4-2-1-3-5-19/h1-9,14,16,23-24H,10-13,15,17-18H2,(H,30,32). The van der Waals surface area contributed by atoms with Gasteiger partial charge in [-0.2, -0.15) is 0 Å². The second kappa shape index (κ2) is 10.3. The van der Waals surface area contributed by atoms with Crippen LogP contribution < -0.4 is 10.1 Å². The van der Waals surface area contributed by atoms with Crippen molar-refractivity contribution in [2.45, 2.75) is 31.6 Å². The molecule has 2 unspecified atom stereocenters. The van der Waals surface area contributed by atoms with Gasteiger partial charge in [-0.15, -0.1) is 0 Å². The first kappa shape index (κ1) is 22.5. The number of piperidine rings is 1. The molecule has 6 rings (SSSR count). The largest absolute Gasteiger partial charge is 0.492 e. The Labute approximate surface area is 198 Å². The summed E-state index contributed by atoms with van der Waals surface area (Å²) in [5.74, 6) is 0.0468. The number of nitrogens with zero attached hydrogens (tertiary/aromatic N) is 2. The lowest BCUT2D eigenvalue weighted by atomic mass is 9.99. The molecular weight excluding hydrogens is 433 g/mol. The summed E-state index contributed by atoms with van der Waals surface area (Å²) in [6.45, 7) is 3.70. The van der Waals surface area contributed by atoms with Gasteiger partial charge in [0, 0.05) is 61.7 Å². The van der Waals surface area contributed by atoms with Crippen molar-refractivity contribution in [1.29, 1.82) is 0 Å². The molecule has 34 heavy (non-hydrogen) atoms. The second-order valence-corrected chi connectivity index (χ2v) is 8.84. The minimum absolute atomic E-state index is 0.106. The molecule has 2 aromatic carbocycles. The van der Waals surface area contributed by atoms with Crippen LogP contribution in [0.1, 0.15) is 17.7 Å². The molecule has 3 aliphatic heterocycles. The molecule has 1 amide bonds. The van der Waals surface area contributed by atoms with Crippen LogP contribution in [0.4, 0.5) is 4.39 Å². The Morgan fingerprint density at radius 3 is 2.62 bits per heavy atom. The van der Waals surface area contributed by atoms with Crippen molar-refractivity contribution in [1.82, 2.24) is 15.2 Å². The zero-order valence-corrected chi connectivity index (χ0v) is 19.0. The van der Waals surface area contributed by atoms with Gasteiger partial charge in [0.1, 0.15) is 18.2 Å². The lowest BCUT2D eigenvalue weighted by Gasteiger charge is -2.47. The quantitative estimate of drug-likeness (QED) is 0.528. The van der Waals surface area contributed by atoms with E-state index >= 15 is 0 Å². The van der Waals surface area contributed by atoms with E-state index in [9.17, 15) is 9.18 Å². The van der Waals surface area contributed by atoms with E-state index in [2.05, 4.69) is 15.2 Å². The van der Waals surface area contributed by atoms with Crippen LogP contribution in [0.15, 0.2) is 66.9 Å². The average molecular weight is 462 g/mol. The van der Waals surface area contributed by atoms with E-state index in [0.29, 0.717) is 47.9 Å². The molecule has 7 heteroatoms. The van der Waals surface area contributed by atoms with Crippen LogP contribution in [-0.4, -0.2) is 54.2 Å². The number of ether oxygens (including phenoxy) is 2. The summed E-state index contributed by atoms with van der Waals surface area (Å²) >= 11 is 0. The van der Waals surface area contributed by atoms with Gasteiger partial charge in [0.2, 0.25) is 5.91 Å². The van der Waals surface area contributed by atoms with Gasteiger partial charge in [-0.3, -0.25) is 14.7 Å². The van der Waals surface area contributed by atoms with Crippen LogP contribution in [0.25, 0.3) is 11.1 Å². The second-order valence-electron chi connectivity index (χ2n) is 8.84. The maximum Gasteiger partial charge on any atom is 0.226 e. The van der Waals surface area contributed by atoms with Crippen molar-refractivity contribution in [2.75, 3.05) is 26.2 Å². The summed E-state index contributed by atoms with van der Waals surface area (Å²) in [4.78, 5) is 18.9. The predicted octanol–water partition coefficient (Wildman–Crippen LogP) is 3.60. The Hall–Kier alpha value is -3.29. The number of benzene rings is 2. The smallest absolute Gasteiger partial charge is 0.226 e. The molecule has 2 atom stereocenters. The highest BCUT2D eigenvalue weighted by Crippen LogP contribution is 2.28. The van der Waals surface area contributed by atoms with Crippen molar-refractivity contribution in [3.63, 3.8) is 0 Å². The first-order valence-electron chi connectivity index (χ1n) is 11.7. The van der Waals surface area contributed by atoms with Crippen LogP contribution >= 0.6 is 0 Å². The van der Waals surface area contributed by atoms with Crippen LogP contribution in [0.2, 0.25) is 0 Å². The number of pyridine rings is 1. The number of carbonyl (C=O) groups is 1. The molecule has 3 aromatic rings. The zero-order valence-electron chi connectivity index (χ0n) is 19.0. The topological polar surface area (TPSA) is 63.7 Å². The summed E-state index contributed by atoms with van der Waals surface area (Å²) in [5, 5.41) is 2.89. The van der Waals surface area contributed by atoms with Crippen molar-refractivity contribution in [3.8, 4) is 16.9 Å². The lowest BCUT2D eigenvalue weighted by Crippen LogP contribution is -2.57. The van der Waals surface area contributed by atoms with Crippen LogP contribution in [-0.2, 0) is 22.5 Å². The number of rotatable bonds is 9. The van der Waals surface area contributed by atoms with E-state index in [1.807, 2.05) is 30.3 Å². The Kier molecular flexibility index (Phi) is 6.83. The highest BCUT2D eigenvalue weighted by atomic mass is 19.1. The number of aromatic nitrogens is 1. The van der Waals surface area contributed by atoms with Gasteiger partial charge < -0.3 is 14.8 Å². The third-order valence-corrected chi connectivity index (χ3v) is 6.26. The SMILES string of the molecule is O=C(Cc1ccc(-c2ccc(OCCN3CC4CC(C3)O4)cc2F)cn1)NCc1ccccc1.